The van der Waals surface area contributed by atoms with E-state index in [-0.39, 0.29) is 27.0 Å². The summed E-state index contributed by atoms with van der Waals surface area (Å²) in [7, 11) is -2.96. The smallest absolute Gasteiger partial charge is 0.333 e. The van der Waals surface area contributed by atoms with Crippen molar-refractivity contribution >= 4 is 50.6 Å². The Kier molecular flexibility index (Phi) is 6.29. The molecule has 3 aromatic rings. The molecule has 14 heteroatoms. The maximum absolute atomic E-state index is 12.4. The van der Waals surface area contributed by atoms with E-state index in [0.717, 1.165) is 11.3 Å². The highest BCUT2D eigenvalue weighted by atomic mass is 35.5. The summed E-state index contributed by atoms with van der Waals surface area (Å²) < 4.78 is 26.6. The Morgan fingerprint density at radius 1 is 1.23 bits per heavy atom. The molecule has 0 radical (unpaired) electrons. The van der Waals surface area contributed by atoms with Gasteiger partial charge in [-0.05, 0) is 12.1 Å². The first-order chi connectivity index (χ1) is 14.6. The van der Waals surface area contributed by atoms with E-state index in [2.05, 4.69) is 20.6 Å². The number of H-pyrrole nitrogens is 1. The largest absolute Gasteiger partial charge is 0.501 e. The van der Waals surface area contributed by atoms with Crippen LogP contribution in [0.2, 0.25) is 5.02 Å². The van der Waals surface area contributed by atoms with Gasteiger partial charge in [0.2, 0.25) is 5.75 Å². The first kappa shape index (κ1) is 22.3. The highest BCUT2D eigenvalue weighted by Gasteiger charge is 2.23. The number of carbonyl (C=O) groups excluding carboxylic acids is 2. The van der Waals surface area contributed by atoms with E-state index >= 15 is 0 Å². The Morgan fingerprint density at radius 2 is 1.94 bits per heavy atom. The molecule has 2 aromatic heterocycles. The zero-order valence-electron chi connectivity index (χ0n) is 15.6. The van der Waals surface area contributed by atoms with Crippen molar-refractivity contribution < 1.29 is 23.1 Å². The first-order valence-electron chi connectivity index (χ1n) is 8.34. The summed E-state index contributed by atoms with van der Waals surface area (Å²) in [6.07, 6.45) is 0. The molecule has 5 N–H and O–H groups in total. The highest BCUT2D eigenvalue weighted by Crippen LogP contribution is 2.30. The average Bonchev–Trinajstić information content (AvgIpc) is 3.17. The van der Waals surface area contributed by atoms with Crippen molar-refractivity contribution in [1.82, 2.24) is 20.0 Å². The maximum Gasteiger partial charge on any atom is 0.333 e. The fourth-order valence-electron chi connectivity index (χ4n) is 2.44. The standard InChI is InChI=1S/C17H14ClN5O6S2/c1-19-15(25)12-13(24)16(26)22-14(21-12)8-6-30-7-10(8)20-17(27)23-31(28,29)11-5-3-2-4-9(11)18/h2-7,24H,1H3,(H,19,25)(H2,20,23,27)(H,21,22,26). The van der Waals surface area contributed by atoms with Crippen LogP contribution < -0.4 is 20.9 Å². The number of aromatic nitrogens is 2. The predicted molar refractivity (Wildman–Crippen MR) is 114 cm³/mol. The molecule has 0 atom stereocenters. The van der Waals surface area contributed by atoms with Gasteiger partial charge in [-0.25, -0.2) is 22.9 Å². The second-order valence-corrected chi connectivity index (χ2v) is 8.68. The summed E-state index contributed by atoms with van der Waals surface area (Å²) in [5.74, 6) is -1.78. The lowest BCUT2D eigenvalue weighted by molar-refractivity contribution is 0.0954. The summed E-state index contributed by atoms with van der Waals surface area (Å²) in [6, 6.07) is 4.50. The Balaban J connectivity index is 1.89. The van der Waals surface area contributed by atoms with Gasteiger partial charge in [-0.1, -0.05) is 23.7 Å². The summed E-state index contributed by atoms with van der Waals surface area (Å²) in [5.41, 5.74) is -1.18. The van der Waals surface area contributed by atoms with Crippen LogP contribution in [-0.4, -0.2) is 42.5 Å². The quantitative estimate of drug-likeness (QED) is 0.367. The van der Waals surface area contributed by atoms with E-state index in [1.165, 1.54) is 42.1 Å². The fraction of sp³-hybridized carbons (Fsp3) is 0.0588. The Hall–Kier alpha value is -3.42. The van der Waals surface area contributed by atoms with Crippen LogP contribution in [0.5, 0.6) is 5.75 Å². The number of halogens is 1. The lowest BCUT2D eigenvalue weighted by Crippen LogP contribution is -2.34. The zero-order valence-corrected chi connectivity index (χ0v) is 18.0. The number of sulfonamides is 1. The van der Waals surface area contributed by atoms with Gasteiger partial charge in [0, 0.05) is 17.8 Å². The van der Waals surface area contributed by atoms with Crippen LogP contribution in [0.3, 0.4) is 0 Å². The predicted octanol–water partition coefficient (Wildman–Crippen LogP) is 1.73. The van der Waals surface area contributed by atoms with Crippen LogP contribution in [0.4, 0.5) is 10.5 Å². The number of urea groups is 1. The zero-order chi connectivity index (χ0) is 22.8. The Morgan fingerprint density at radius 3 is 2.61 bits per heavy atom. The Labute approximate surface area is 184 Å². The summed E-state index contributed by atoms with van der Waals surface area (Å²) in [4.78, 5) is 42.1. The fourth-order valence-corrected chi connectivity index (χ4v) is 4.63. The lowest BCUT2D eigenvalue weighted by atomic mass is 10.2. The van der Waals surface area contributed by atoms with E-state index < -0.39 is 39.0 Å². The molecule has 0 aliphatic heterocycles. The molecule has 1 aromatic carbocycles. The minimum atomic E-state index is -4.25. The molecule has 0 bridgehead atoms. The van der Waals surface area contributed by atoms with Crippen molar-refractivity contribution in [2.24, 2.45) is 0 Å². The van der Waals surface area contributed by atoms with Crippen molar-refractivity contribution in [3.63, 3.8) is 0 Å². The molecule has 0 saturated carbocycles. The molecule has 3 amide bonds. The minimum absolute atomic E-state index is 0.0633. The van der Waals surface area contributed by atoms with Crippen LogP contribution in [0.15, 0.2) is 44.7 Å². The molecule has 0 aliphatic carbocycles. The summed E-state index contributed by atoms with van der Waals surface area (Å²) in [5, 5.41) is 17.3. The number of carbonyl (C=O) groups is 2. The molecule has 0 aliphatic rings. The molecule has 11 nitrogen and oxygen atoms in total. The van der Waals surface area contributed by atoms with Gasteiger partial charge in [-0.15, -0.1) is 11.3 Å². The molecule has 0 spiro atoms. The third-order valence-electron chi connectivity index (χ3n) is 3.86. The monoisotopic (exact) mass is 483 g/mol. The number of nitrogens with one attached hydrogen (secondary N) is 4. The van der Waals surface area contributed by atoms with Crippen molar-refractivity contribution in [2.45, 2.75) is 4.90 Å². The van der Waals surface area contributed by atoms with E-state index in [9.17, 15) is 27.9 Å². The molecule has 3 rings (SSSR count). The van der Waals surface area contributed by atoms with E-state index in [1.807, 2.05) is 4.72 Å². The molecule has 2 heterocycles. The number of nitrogens with zero attached hydrogens (tertiary/aromatic N) is 1. The topological polar surface area (TPSA) is 170 Å². The van der Waals surface area contributed by atoms with Crippen molar-refractivity contribution in [2.75, 3.05) is 12.4 Å². The number of benzene rings is 1. The number of rotatable bonds is 5. The number of anilines is 1. The number of aromatic hydroxyl groups is 1. The van der Waals surface area contributed by atoms with Gasteiger partial charge in [0.1, 0.15) is 10.7 Å². The first-order valence-corrected chi connectivity index (χ1v) is 11.1. The molecular formula is C17H14ClN5O6S2. The van der Waals surface area contributed by atoms with E-state index in [0.29, 0.717) is 0 Å². The van der Waals surface area contributed by atoms with Crippen LogP contribution >= 0.6 is 22.9 Å². The van der Waals surface area contributed by atoms with E-state index in [1.54, 1.807) is 0 Å². The normalized spacial score (nSPS) is 11.0. The summed E-state index contributed by atoms with van der Waals surface area (Å²) >= 11 is 6.99. The van der Waals surface area contributed by atoms with Crippen molar-refractivity contribution in [3.8, 4) is 17.1 Å². The van der Waals surface area contributed by atoms with Gasteiger partial charge in [0.15, 0.2) is 5.69 Å². The van der Waals surface area contributed by atoms with Gasteiger partial charge >= 0.3 is 6.03 Å². The SMILES string of the molecule is CNC(=O)c1nc(-c2cscc2NC(=O)NS(=O)(=O)c2ccccc2Cl)[nH]c(=O)c1O. The van der Waals surface area contributed by atoms with Gasteiger partial charge in [0.25, 0.3) is 21.5 Å². The van der Waals surface area contributed by atoms with Crippen molar-refractivity contribution in [3.05, 3.63) is 56.1 Å². The molecular weight excluding hydrogens is 470 g/mol. The van der Waals surface area contributed by atoms with Gasteiger partial charge < -0.3 is 20.7 Å². The number of thiophene rings is 1. The number of aromatic amines is 1. The maximum atomic E-state index is 12.4. The second kappa shape index (κ2) is 8.75. The van der Waals surface area contributed by atoms with Gasteiger partial charge in [-0.3, -0.25) is 9.59 Å². The average molecular weight is 484 g/mol. The van der Waals surface area contributed by atoms with Crippen molar-refractivity contribution in [1.29, 1.82) is 0 Å². The van der Waals surface area contributed by atoms with Crippen LogP contribution in [0.25, 0.3) is 11.4 Å². The van der Waals surface area contributed by atoms with Gasteiger partial charge in [-0.2, -0.15) is 0 Å². The van der Waals surface area contributed by atoms with Crippen LogP contribution in [0.1, 0.15) is 10.5 Å². The number of amides is 3. The van der Waals surface area contributed by atoms with Gasteiger partial charge in [0.05, 0.1) is 16.3 Å². The lowest BCUT2D eigenvalue weighted by Gasteiger charge is -2.10. The number of hydrogen-bond acceptors (Lipinski definition) is 8. The third kappa shape index (κ3) is 4.68. The molecule has 0 fully saturated rings. The minimum Gasteiger partial charge on any atom is -0.501 e. The second-order valence-electron chi connectivity index (χ2n) is 5.88. The molecule has 0 saturated heterocycles. The van der Waals surface area contributed by atoms with E-state index in [4.69, 9.17) is 11.6 Å². The molecule has 162 valence electrons. The van der Waals surface area contributed by atoms with Crippen LogP contribution in [0, 0.1) is 0 Å². The van der Waals surface area contributed by atoms with Crippen LogP contribution in [-0.2, 0) is 10.0 Å². The molecule has 31 heavy (non-hydrogen) atoms. The third-order valence-corrected chi connectivity index (χ3v) is 6.43. The molecule has 0 unspecified atom stereocenters. The Bertz CT molecular complexity index is 1330. The number of hydrogen-bond donors (Lipinski definition) is 5. The highest BCUT2D eigenvalue weighted by molar-refractivity contribution is 7.90. The summed E-state index contributed by atoms with van der Waals surface area (Å²) in [6.45, 7) is 0.